The van der Waals surface area contributed by atoms with Gasteiger partial charge in [-0.3, -0.25) is 4.90 Å². The zero-order valence-electron chi connectivity index (χ0n) is 21.6. The summed E-state index contributed by atoms with van der Waals surface area (Å²) in [4.78, 5) is 16.5. The molecule has 4 rings (SSSR count). The minimum absolute atomic E-state index is 0.139. The second-order valence-corrected chi connectivity index (χ2v) is 10.8. The first-order valence-corrected chi connectivity index (χ1v) is 13.0. The molecule has 0 atom stereocenters. The van der Waals surface area contributed by atoms with Gasteiger partial charge in [0.25, 0.3) is 12.0 Å². The average molecular weight is 611 g/mol. The van der Waals surface area contributed by atoms with E-state index in [4.69, 9.17) is 0 Å². The quantitative estimate of drug-likeness (QED) is 0.344. The zero-order valence-corrected chi connectivity index (χ0v) is 21.6. The van der Waals surface area contributed by atoms with Gasteiger partial charge >= 0.3 is 24.6 Å². The van der Waals surface area contributed by atoms with Crippen LogP contribution in [0.4, 0.5) is 58.8 Å². The number of ether oxygens (including phenoxy) is 1. The Labute approximate surface area is 228 Å². The molecule has 1 aromatic rings. The van der Waals surface area contributed by atoms with Crippen molar-refractivity contribution in [3.63, 3.8) is 0 Å². The van der Waals surface area contributed by atoms with Crippen LogP contribution in [0.15, 0.2) is 18.2 Å². The fourth-order valence-electron chi connectivity index (χ4n) is 5.86. The molecular weight excluding hydrogens is 583 g/mol. The lowest BCUT2D eigenvalue weighted by atomic mass is 9.84. The molecule has 232 valence electrons. The summed E-state index contributed by atoms with van der Waals surface area (Å²) >= 11 is 0. The second kappa shape index (κ2) is 11.0. The molecule has 3 aliphatic rings. The predicted octanol–water partition coefficient (Wildman–Crippen LogP) is 7.00. The van der Waals surface area contributed by atoms with Crippen molar-refractivity contribution in [3.05, 3.63) is 29.3 Å². The molecule has 3 fully saturated rings. The van der Waals surface area contributed by atoms with E-state index in [1.807, 2.05) is 4.90 Å². The highest BCUT2D eigenvalue weighted by molar-refractivity contribution is 5.68. The smallest absolute Gasteiger partial charge is 0.426 e. The Bertz CT molecular complexity index is 1070. The molecule has 0 aromatic heterocycles. The van der Waals surface area contributed by atoms with Crippen LogP contribution < -0.4 is 4.90 Å². The van der Waals surface area contributed by atoms with Crippen molar-refractivity contribution >= 4 is 11.8 Å². The molecule has 5 nitrogen and oxygen atoms in total. The fraction of sp³-hybridized carbons (Fsp3) is 0.720. The van der Waals surface area contributed by atoms with E-state index in [2.05, 4.69) is 4.74 Å². The lowest BCUT2D eigenvalue weighted by Gasteiger charge is -2.45. The summed E-state index contributed by atoms with van der Waals surface area (Å²) in [6, 6.07) is 3.16. The Hall–Kier alpha value is -2.52. The van der Waals surface area contributed by atoms with Crippen molar-refractivity contribution in [2.75, 3.05) is 37.6 Å². The van der Waals surface area contributed by atoms with Gasteiger partial charge in [0.15, 0.2) is 0 Å². The molecule has 0 aliphatic carbocycles. The molecule has 1 aromatic carbocycles. The van der Waals surface area contributed by atoms with Crippen molar-refractivity contribution in [1.29, 1.82) is 0 Å². The third kappa shape index (κ3) is 7.11. The first-order valence-electron chi connectivity index (χ1n) is 13.0. The fourth-order valence-corrected chi connectivity index (χ4v) is 5.86. The Morgan fingerprint density at radius 3 is 1.95 bits per heavy atom. The summed E-state index contributed by atoms with van der Waals surface area (Å²) < 4.78 is 149. The van der Waals surface area contributed by atoms with Crippen molar-refractivity contribution in [2.45, 2.75) is 81.2 Å². The van der Waals surface area contributed by atoms with Gasteiger partial charge in [0.2, 0.25) is 0 Å². The van der Waals surface area contributed by atoms with Crippen LogP contribution in [0.1, 0.15) is 49.7 Å². The van der Waals surface area contributed by atoms with Crippen LogP contribution in [0.25, 0.3) is 0 Å². The van der Waals surface area contributed by atoms with Gasteiger partial charge in [-0.25, -0.2) is 13.6 Å². The zero-order chi connectivity index (χ0) is 30.4. The number of carbonyl (C=O) groups is 1. The third-order valence-electron chi connectivity index (χ3n) is 8.12. The van der Waals surface area contributed by atoms with Crippen LogP contribution in [0.2, 0.25) is 0 Å². The average Bonchev–Trinajstić information content (AvgIpc) is 3.22. The van der Waals surface area contributed by atoms with E-state index in [1.165, 1.54) is 11.0 Å². The second-order valence-electron chi connectivity index (χ2n) is 10.8. The van der Waals surface area contributed by atoms with Crippen LogP contribution in [0.5, 0.6) is 0 Å². The molecule has 1 amide bonds. The van der Waals surface area contributed by atoms with E-state index in [0.29, 0.717) is 24.9 Å². The van der Waals surface area contributed by atoms with Crippen LogP contribution in [-0.4, -0.2) is 78.5 Å². The lowest BCUT2D eigenvalue weighted by molar-refractivity contribution is -0.308. The maximum atomic E-state index is 13.7. The highest BCUT2D eigenvalue weighted by Gasteiger charge is 2.60. The number of alkyl halides is 11. The summed E-state index contributed by atoms with van der Waals surface area (Å²) in [6.07, 6.45) is -21.7. The van der Waals surface area contributed by atoms with E-state index in [0.717, 1.165) is 17.0 Å². The van der Waals surface area contributed by atoms with Crippen LogP contribution in [0.3, 0.4) is 0 Å². The summed E-state index contributed by atoms with van der Waals surface area (Å²) in [6.45, 7) is 0.0145. The van der Waals surface area contributed by atoms with Gasteiger partial charge in [0.05, 0.1) is 5.56 Å². The SMILES string of the molecule is O=C(OC(C(F)(F)F)C(F)(F)F)N1CCC2(CCCN2Cc2ccc(C(F)(F)F)cc2N2CCC(F)(F)CC2)CC1. The van der Waals surface area contributed by atoms with E-state index in [-0.39, 0.29) is 51.3 Å². The van der Waals surface area contributed by atoms with Crippen molar-refractivity contribution in [1.82, 2.24) is 9.80 Å². The largest absolute Gasteiger partial charge is 0.434 e. The number of amides is 1. The molecule has 0 radical (unpaired) electrons. The first-order chi connectivity index (χ1) is 18.8. The van der Waals surface area contributed by atoms with E-state index in [9.17, 15) is 53.1 Å². The monoisotopic (exact) mass is 611 g/mol. The lowest BCUT2D eigenvalue weighted by Crippen LogP contribution is -2.54. The molecular formula is C25H28F11N3O2. The molecule has 16 heteroatoms. The predicted molar refractivity (Wildman–Crippen MR) is 123 cm³/mol. The number of hydrogen-bond donors (Lipinski definition) is 0. The topological polar surface area (TPSA) is 36.0 Å². The summed E-state index contributed by atoms with van der Waals surface area (Å²) in [7, 11) is 0. The van der Waals surface area contributed by atoms with Crippen LogP contribution in [-0.2, 0) is 17.5 Å². The molecule has 0 saturated carbocycles. The van der Waals surface area contributed by atoms with Crippen molar-refractivity contribution in [2.24, 2.45) is 0 Å². The number of halogens is 11. The Kier molecular flexibility index (Phi) is 8.39. The number of hydrogen-bond acceptors (Lipinski definition) is 4. The molecule has 0 N–H and O–H groups in total. The van der Waals surface area contributed by atoms with Gasteiger partial charge in [0, 0.05) is 56.8 Å². The van der Waals surface area contributed by atoms with Gasteiger partial charge in [-0.2, -0.15) is 39.5 Å². The van der Waals surface area contributed by atoms with Gasteiger partial charge < -0.3 is 14.5 Å². The highest BCUT2D eigenvalue weighted by Crippen LogP contribution is 2.43. The van der Waals surface area contributed by atoms with Gasteiger partial charge in [-0.1, -0.05) is 6.07 Å². The van der Waals surface area contributed by atoms with Crippen molar-refractivity contribution in [3.8, 4) is 0 Å². The molecule has 0 bridgehead atoms. The first kappa shape index (κ1) is 31.4. The number of benzene rings is 1. The number of carbonyl (C=O) groups excluding carboxylic acids is 1. The Morgan fingerprint density at radius 1 is 0.829 bits per heavy atom. The Balaban J connectivity index is 1.48. The maximum Gasteiger partial charge on any atom is 0.434 e. The molecule has 3 heterocycles. The molecule has 41 heavy (non-hydrogen) atoms. The number of rotatable bonds is 4. The molecule has 3 saturated heterocycles. The van der Waals surface area contributed by atoms with Gasteiger partial charge in [0.1, 0.15) is 0 Å². The van der Waals surface area contributed by atoms with E-state index >= 15 is 0 Å². The number of likely N-dealkylation sites (tertiary alicyclic amines) is 2. The normalized spacial score (nSPS) is 22.0. The number of nitrogens with zero attached hydrogens (tertiary/aromatic N) is 3. The highest BCUT2D eigenvalue weighted by atomic mass is 19.4. The minimum atomic E-state index is -5.84. The van der Waals surface area contributed by atoms with Crippen molar-refractivity contribution < 1.29 is 57.8 Å². The van der Waals surface area contributed by atoms with Gasteiger partial charge in [-0.15, -0.1) is 0 Å². The summed E-state index contributed by atoms with van der Waals surface area (Å²) in [5.41, 5.74) is -0.861. The number of anilines is 1. The Morgan fingerprint density at radius 2 is 1.41 bits per heavy atom. The van der Waals surface area contributed by atoms with Gasteiger partial charge in [-0.05, 0) is 49.9 Å². The minimum Gasteiger partial charge on any atom is -0.426 e. The molecule has 1 spiro atoms. The summed E-state index contributed by atoms with van der Waals surface area (Å²) in [5, 5.41) is 0. The molecule has 3 aliphatic heterocycles. The van der Waals surface area contributed by atoms with E-state index < -0.39 is 60.6 Å². The van der Waals surface area contributed by atoms with Crippen LogP contribution >= 0.6 is 0 Å². The maximum absolute atomic E-state index is 13.7. The molecule has 0 unspecified atom stereocenters. The summed E-state index contributed by atoms with van der Waals surface area (Å²) in [5.74, 6) is -2.91. The third-order valence-corrected chi connectivity index (χ3v) is 8.12. The number of piperidine rings is 2. The standard InChI is InChI=1S/C25H28F11N3O2/c26-22(27)7-12-37(13-8-22)18-14-17(23(28,29)30)3-2-16(18)15-39-9-1-4-21(39)5-10-38(11-6-21)20(40)41-19(24(31,32)33)25(34,35)36/h2-3,14,19H,1,4-13,15H2. The van der Waals surface area contributed by atoms with Crippen LogP contribution in [0, 0.1) is 0 Å². The van der Waals surface area contributed by atoms with E-state index in [1.54, 1.807) is 0 Å².